The first kappa shape index (κ1) is 15.2. The Morgan fingerprint density at radius 3 is 2.70 bits per heavy atom. The molecule has 1 aliphatic rings. The number of benzene rings is 1. The Morgan fingerprint density at radius 2 is 2.20 bits per heavy atom. The van der Waals surface area contributed by atoms with Gasteiger partial charge < -0.3 is 14.8 Å². The minimum absolute atomic E-state index is 0.186. The fourth-order valence-electron chi connectivity index (χ4n) is 1.90. The monoisotopic (exact) mass is 304 g/mol. The van der Waals surface area contributed by atoms with Gasteiger partial charge in [0.2, 0.25) is 10.0 Å². The van der Waals surface area contributed by atoms with E-state index in [1.807, 2.05) is 0 Å². The van der Waals surface area contributed by atoms with Crippen LogP contribution in [0, 0.1) is 5.82 Å². The lowest BCUT2D eigenvalue weighted by Crippen LogP contribution is -2.26. The molecule has 1 heterocycles. The second-order valence-corrected chi connectivity index (χ2v) is 6.58. The molecule has 0 bridgehead atoms. The Hall–Kier alpha value is -1.22. The lowest BCUT2D eigenvalue weighted by Gasteiger charge is -2.17. The van der Waals surface area contributed by atoms with Crippen molar-refractivity contribution in [2.45, 2.75) is 30.6 Å². The third kappa shape index (κ3) is 3.66. The Labute approximate surface area is 117 Å². The minimum atomic E-state index is -3.90. The average molecular weight is 304 g/mol. The molecule has 0 spiro atoms. The standard InChI is InChI=1S/C12H17FN2O4S/c1-12(2)18-7-8(19-12)6-15-11-4-3-9(5-10(11)13)20(14,16)17/h3-5,8,15H,6-7H2,1-2H3,(H2,14,16,17). The van der Waals surface area contributed by atoms with Crippen LogP contribution in [-0.4, -0.2) is 33.5 Å². The second kappa shape index (κ2) is 5.28. The van der Waals surface area contributed by atoms with Crippen molar-refractivity contribution in [2.24, 2.45) is 5.14 Å². The smallest absolute Gasteiger partial charge is 0.238 e. The molecule has 1 aromatic carbocycles. The van der Waals surface area contributed by atoms with Crippen molar-refractivity contribution in [3.05, 3.63) is 24.0 Å². The van der Waals surface area contributed by atoms with E-state index < -0.39 is 21.6 Å². The lowest BCUT2D eigenvalue weighted by atomic mass is 10.3. The normalized spacial score (nSPS) is 21.9. The third-order valence-corrected chi connectivity index (χ3v) is 3.77. The molecule has 1 aromatic rings. The van der Waals surface area contributed by atoms with Gasteiger partial charge in [-0.05, 0) is 32.0 Å². The van der Waals surface area contributed by atoms with Gasteiger partial charge in [0.05, 0.1) is 17.2 Å². The molecule has 3 N–H and O–H groups in total. The summed E-state index contributed by atoms with van der Waals surface area (Å²) in [6.07, 6.45) is -0.192. The maximum atomic E-state index is 13.8. The summed E-state index contributed by atoms with van der Waals surface area (Å²) < 4.78 is 46.9. The molecule has 0 amide bonds. The SMILES string of the molecule is CC1(C)OCC(CNc2ccc(S(N)(=O)=O)cc2F)O1. The van der Waals surface area contributed by atoms with Crippen molar-refractivity contribution in [3.8, 4) is 0 Å². The van der Waals surface area contributed by atoms with Gasteiger partial charge in [-0.2, -0.15) is 0 Å². The Morgan fingerprint density at radius 1 is 1.50 bits per heavy atom. The molecule has 1 aliphatic heterocycles. The van der Waals surface area contributed by atoms with Crippen molar-refractivity contribution in [1.82, 2.24) is 0 Å². The first-order valence-corrected chi connectivity index (χ1v) is 7.60. The molecule has 20 heavy (non-hydrogen) atoms. The van der Waals surface area contributed by atoms with Gasteiger partial charge in [0.1, 0.15) is 11.9 Å². The average Bonchev–Trinajstić information content (AvgIpc) is 2.66. The van der Waals surface area contributed by atoms with E-state index in [1.54, 1.807) is 13.8 Å². The highest BCUT2D eigenvalue weighted by Crippen LogP contribution is 2.23. The van der Waals surface area contributed by atoms with Crippen molar-refractivity contribution in [1.29, 1.82) is 0 Å². The van der Waals surface area contributed by atoms with Crippen LogP contribution in [0.25, 0.3) is 0 Å². The van der Waals surface area contributed by atoms with Crippen LogP contribution in [0.1, 0.15) is 13.8 Å². The predicted molar refractivity (Wildman–Crippen MR) is 71.2 cm³/mol. The van der Waals surface area contributed by atoms with E-state index in [4.69, 9.17) is 14.6 Å². The topological polar surface area (TPSA) is 90.6 Å². The highest BCUT2D eigenvalue weighted by atomic mass is 32.2. The zero-order chi connectivity index (χ0) is 15.0. The van der Waals surface area contributed by atoms with Crippen LogP contribution < -0.4 is 10.5 Å². The fraction of sp³-hybridized carbons (Fsp3) is 0.500. The molecule has 0 aromatic heterocycles. The summed E-state index contributed by atoms with van der Waals surface area (Å²) in [5.74, 6) is -1.32. The van der Waals surface area contributed by atoms with E-state index in [2.05, 4.69) is 5.32 Å². The first-order valence-electron chi connectivity index (χ1n) is 6.05. The minimum Gasteiger partial charge on any atom is -0.380 e. The van der Waals surface area contributed by atoms with Gasteiger partial charge in [0, 0.05) is 6.54 Å². The number of halogens is 1. The maximum absolute atomic E-state index is 13.8. The van der Waals surface area contributed by atoms with E-state index >= 15 is 0 Å². The van der Waals surface area contributed by atoms with Crippen LogP contribution in [0.2, 0.25) is 0 Å². The van der Waals surface area contributed by atoms with Crippen molar-refractivity contribution >= 4 is 15.7 Å². The third-order valence-electron chi connectivity index (χ3n) is 2.86. The molecule has 1 saturated heterocycles. The van der Waals surface area contributed by atoms with Crippen LogP contribution in [0.3, 0.4) is 0 Å². The number of anilines is 1. The Kier molecular flexibility index (Phi) is 4.01. The quantitative estimate of drug-likeness (QED) is 0.867. The largest absolute Gasteiger partial charge is 0.380 e. The molecular weight excluding hydrogens is 287 g/mol. The van der Waals surface area contributed by atoms with Gasteiger partial charge in [-0.3, -0.25) is 0 Å². The number of sulfonamides is 1. The van der Waals surface area contributed by atoms with Crippen molar-refractivity contribution in [3.63, 3.8) is 0 Å². The molecule has 8 heteroatoms. The zero-order valence-electron chi connectivity index (χ0n) is 11.2. The van der Waals surface area contributed by atoms with Crippen LogP contribution in [0.5, 0.6) is 0 Å². The number of ether oxygens (including phenoxy) is 2. The molecule has 1 fully saturated rings. The molecule has 0 radical (unpaired) electrons. The Bertz CT molecular complexity index is 603. The van der Waals surface area contributed by atoms with E-state index in [1.165, 1.54) is 12.1 Å². The lowest BCUT2D eigenvalue weighted by molar-refractivity contribution is -0.136. The first-order chi connectivity index (χ1) is 9.17. The highest BCUT2D eigenvalue weighted by Gasteiger charge is 2.32. The van der Waals surface area contributed by atoms with Crippen LogP contribution >= 0.6 is 0 Å². The number of nitrogens with two attached hydrogens (primary N) is 1. The molecule has 2 rings (SSSR count). The number of primary sulfonamides is 1. The van der Waals surface area contributed by atoms with Gasteiger partial charge in [-0.1, -0.05) is 0 Å². The van der Waals surface area contributed by atoms with Gasteiger partial charge in [-0.25, -0.2) is 17.9 Å². The van der Waals surface area contributed by atoms with Gasteiger partial charge in [0.25, 0.3) is 0 Å². The molecule has 112 valence electrons. The van der Waals surface area contributed by atoms with Crippen LogP contribution in [0.4, 0.5) is 10.1 Å². The van der Waals surface area contributed by atoms with E-state index in [0.717, 1.165) is 6.07 Å². The maximum Gasteiger partial charge on any atom is 0.238 e. The summed E-state index contributed by atoms with van der Waals surface area (Å²) >= 11 is 0. The summed E-state index contributed by atoms with van der Waals surface area (Å²) in [6.45, 7) is 4.37. The number of hydrogen-bond acceptors (Lipinski definition) is 5. The van der Waals surface area contributed by atoms with E-state index in [-0.39, 0.29) is 16.7 Å². The molecule has 0 aliphatic carbocycles. The van der Waals surface area contributed by atoms with Gasteiger partial charge in [-0.15, -0.1) is 0 Å². The Balaban J connectivity index is 2.01. The number of hydrogen-bond donors (Lipinski definition) is 2. The molecule has 1 atom stereocenters. The summed E-state index contributed by atoms with van der Waals surface area (Å²) in [6, 6.07) is 3.46. The summed E-state index contributed by atoms with van der Waals surface area (Å²) in [5.41, 5.74) is 0.186. The molecule has 6 nitrogen and oxygen atoms in total. The van der Waals surface area contributed by atoms with Crippen LogP contribution in [-0.2, 0) is 19.5 Å². The molecule has 0 saturated carbocycles. The van der Waals surface area contributed by atoms with E-state index in [9.17, 15) is 12.8 Å². The van der Waals surface area contributed by atoms with E-state index in [0.29, 0.717) is 13.2 Å². The van der Waals surface area contributed by atoms with Crippen LogP contribution in [0.15, 0.2) is 23.1 Å². The second-order valence-electron chi connectivity index (χ2n) is 5.02. The summed E-state index contributed by atoms with van der Waals surface area (Å²) in [7, 11) is -3.90. The highest BCUT2D eigenvalue weighted by molar-refractivity contribution is 7.89. The van der Waals surface area contributed by atoms with Gasteiger partial charge in [0.15, 0.2) is 5.79 Å². The molecular formula is C12H17FN2O4S. The number of nitrogens with one attached hydrogen (secondary N) is 1. The fourth-order valence-corrected chi connectivity index (χ4v) is 2.43. The zero-order valence-corrected chi connectivity index (χ0v) is 12.0. The van der Waals surface area contributed by atoms with Crippen molar-refractivity contribution in [2.75, 3.05) is 18.5 Å². The molecule has 1 unspecified atom stereocenters. The number of rotatable bonds is 4. The van der Waals surface area contributed by atoms with Crippen molar-refractivity contribution < 1.29 is 22.3 Å². The van der Waals surface area contributed by atoms with Gasteiger partial charge >= 0.3 is 0 Å². The summed E-state index contributed by atoms with van der Waals surface area (Å²) in [5, 5.41) is 7.78. The predicted octanol–water partition coefficient (Wildman–Crippen LogP) is 1.04. The summed E-state index contributed by atoms with van der Waals surface area (Å²) in [4.78, 5) is -0.262.